The molecule has 0 radical (unpaired) electrons. The van der Waals surface area contributed by atoms with Crippen LogP contribution < -0.4 is 19.5 Å². The van der Waals surface area contributed by atoms with Crippen molar-refractivity contribution in [2.45, 2.75) is 6.61 Å². The number of ether oxygens (including phenoxy) is 3. The Kier molecular flexibility index (Phi) is 6.20. The standard InChI is InChI=1S/C17H16F2N2O3/c1-22-15-7-4-13(10-16(15)24-17(18)19)21-8-9-23-14-5-2-12(11-20)3-6-14/h2-7,10,17,21H,8-9H2,1H3. The molecule has 0 aliphatic heterocycles. The van der Waals surface area contributed by atoms with Crippen LogP contribution in [0.4, 0.5) is 14.5 Å². The Bertz CT molecular complexity index is 700. The number of hydrogen-bond donors (Lipinski definition) is 1. The minimum Gasteiger partial charge on any atom is -0.493 e. The molecule has 0 saturated heterocycles. The summed E-state index contributed by atoms with van der Waals surface area (Å²) in [7, 11) is 1.38. The summed E-state index contributed by atoms with van der Waals surface area (Å²) in [6.07, 6.45) is 0. The highest BCUT2D eigenvalue weighted by Crippen LogP contribution is 2.31. The zero-order valence-electron chi connectivity index (χ0n) is 13.0. The predicted molar refractivity (Wildman–Crippen MR) is 84.8 cm³/mol. The molecule has 0 amide bonds. The van der Waals surface area contributed by atoms with E-state index in [1.807, 2.05) is 6.07 Å². The molecule has 7 heteroatoms. The van der Waals surface area contributed by atoms with Gasteiger partial charge in [-0.2, -0.15) is 14.0 Å². The Balaban J connectivity index is 1.86. The number of alkyl halides is 2. The molecular weight excluding hydrogens is 318 g/mol. The summed E-state index contributed by atoms with van der Waals surface area (Å²) in [5.74, 6) is 0.840. The van der Waals surface area contributed by atoms with Gasteiger partial charge in [0.05, 0.1) is 18.7 Å². The lowest BCUT2D eigenvalue weighted by Crippen LogP contribution is -2.12. The van der Waals surface area contributed by atoms with E-state index in [9.17, 15) is 8.78 Å². The topological polar surface area (TPSA) is 63.5 Å². The van der Waals surface area contributed by atoms with Gasteiger partial charge in [0.25, 0.3) is 0 Å². The highest BCUT2D eigenvalue weighted by molar-refractivity contribution is 5.54. The molecule has 2 aromatic rings. The van der Waals surface area contributed by atoms with Crippen LogP contribution in [0.25, 0.3) is 0 Å². The molecular formula is C17H16F2N2O3. The molecule has 0 heterocycles. The Morgan fingerprint density at radius 3 is 2.50 bits per heavy atom. The fourth-order valence-electron chi connectivity index (χ4n) is 1.96. The number of hydrogen-bond acceptors (Lipinski definition) is 5. The molecule has 2 aromatic carbocycles. The quantitative estimate of drug-likeness (QED) is 0.747. The SMILES string of the molecule is COc1ccc(NCCOc2ccc(C#N)cc2)cc1OC(F)F. The Labute approximate surface area is 138 Å². The summed E-state index contributed by atoms with van der Waals surface area (Å²) in [5.41, 5.74) is 1.17. The summed E-state index contributed by atoms with van der Waals surface area (Å²) >= 11 is 0. The second-order valence-electron chi connectivity index (χ2n) is 4.66. The summed E-state index contributed by atoms with van der Waals surface area (Å²) in [5, 5.41) is 11.8. The van der Waals surface area contributed by atoms with Crippen LogP contribution in [0.15, 0.2) is 42.5 Å². The number of rotatable bonds is 8. The zero-order valence-corrected chi connectivity index (χ0v) is 13.0. The molecule has 0 aromatic heterocycles. The number of nitrogens with zero attached hydrogens (tertiary/aromatic N) is 1. The van der Waals surface area contributed by atoms with Crippen LogP contribution in [0.1, 0.15) is 5.56 Å². The zero-order chi connectivity index (χ0) is 17.4. The number of methoxy groups -OCH3 is 1. The van der Waals surface area contributed by atoms with Crippen molar-refractivity contribution >= 4 is 5.69 Å². The van der Waals surface area contributed by atoms with Crippen molar-refractivity contribution in [1.82, 2.24) is 0 Å². The van der Waals surface area contributed by atoms with E-state index in [2.05, 4.69) is 10.1 Å². The maximum Gasteiger partial charge on any atom is 0.387 e. The molecule has 0 aliphatic rings. The molecule has 126 valence electrons. The van der Waals surface area contributed by atoms with Gasteiger partial charge in [0.15, 0.2) is 11.5 Å². The molecule has 5 nitrogen and oxygen atoms in total. The molecule has 0 unspecified atom stereocenters. The summed E-state index contributed by atoms with van der Waals surface area (Å²) < 4.78 is 39.7. The Hall–Kier alpha value is -3.01. The lowest BCUT2D eigenvalue weighted by molar-refractivity contribution is -0.0511. The monoisotopic (exact) mass is 334 g/mol. The number of nitrogens with one attached hydrogen (secondary N) is 1. The second kappa shape index (κ2) is 8.58. The van der Waals surface area contributed by atoms with Gasteiger partial charge in [-0.1, -0.05) is 0 Å². The average molecular weight is 334 g/mol. The second-order valence-corrected chi connectivity index (χ2v) is 4.66. The maximum absolute atomic E-state index is 12.4. The molecule has 2 rings (SSSR count). The van der Waals surface area contributed by atoms with Crippen LogP contribution in [0, 0.1) is 11.3 Å². The molecule has 0 fully saturated rings. The minimum absolute atomic E-state index is 0.0366. The Morgan fingerprint density at radius 1 is 1.12 bits per heavy atom. The number of nitriles is 1. The molecule has 24 heavy (non-hydrogen) atoms. The first kappa shape index (κ1) is 17.3. The Morgan fingerprint density at radius 2 is 1.88 bits per heavy atom. The third-order valence-corrected chi connectivity index (χ3v) is 3.06. The fourth-order valence-corrected chi connectivity index (χ4v) is 1.96. The summed E-state index contributed by atoms with van der Waals surface area (Å²) in [4.78, 5) is 0. The van der Waals surface area contributed by atoms with Gasteiger partial charge in [-0.25, -0.2) is 0 Å². The normalized spacial score (nSPS) is 10.1. The van der Waals surface area contributed by atoms with Crippen LogP contribution in [0.2, 0.25) is 0 Å². The van der Waals surface area contributed by atoms with Crippen molar-refractivity contribution in [2.24, 2.45) is 0 Å². The van der Waals surface area contributed by atoms with E-state index in [0.717, 1.165) is 0 Å². The minimum atomic E-state index is -2.92. The number of benzene rings is 2. The molecule has 0 saturated carbocycles. The third-order valence-electron chi connectivity index (χ3n) is 3.06. The van der Waals surface area contributed by atoms with Crippen molar-refractivity contribution in [2.75, 3.05) is 25.6 Å². The van der Waals surface area contributed by atoms with Gasteiger partial charge in [0.2, 0.25) is 0 Å². The number of halogens is 2. The summed E-state index contributed by atoms with van der Waals surface area (Å²) in [6.45, 7) is -2.10. The molecule has 0 aliphatic carbocycles. The number of anilines is 1. The van der Waals surface area contributed by atoms with Crippen LogP contribution in [0.5, 0.6) is 17.2 Å². The highest BCUT2D eigenvalue weighted by atomic mass is 19.3. The van der Waals surface area contributed by atoms with Gasteiger partial charge < -0.3 is 19.5 Å². The van der Waals surface area contributed by atoms with E-state index < -0.39 is 6.61 Å². The van der Waals surface area contributed by atoms with Crippen molar-refractivity contribution in [3.8, 4) is 23.3 Å². The molecule has 0 spiro atoms. The molecule has 1 N–H and O–H groups in total. The largest absolute Gasteiger partial charge is 0.493 e. The lowest BCUT2D eigenvalue weighted by atomic mass is 10.2. The van der Waals surface area contributed by atoms with Crippen LogP contribution in [-0.4, -0.2) is 26.9 Å². The van der Waals surface area contributed by atoms with Gasteiger partial charge >= 0.3 is 6.61 Å². The van der Waals surface area contributed by atoms with Crippen LogP contribution in [-0.2, 0) is 0 Å². The third kappa shape index (κ3) is 5.02. The van der Waals surface area contributed by atoms with Crippen molar-refractivity contribution in [3.05, 3.63) is 48.0 Å². The van der Waals surface area contributed by atoms with Crippen LogP contribution >= 0.6 is 0 Å². The van der Waals surface area contributed by atoms with Crippen LogP contribution in [0.3, 0.4) is 0 Å². The van der Waals surface area contributed by atoms with E-state index in [1.54, 1.807) is 36.4 Å². The first-order chi connectivity index (χ1) is 11.6. The maximum atomic E-state index is 12.4. The predicted octanol–water partition coefficient (Wildman–Crippen LogP) is 3.66. The smallest absolute Gasteiger partial charge is 0.387 e. The van der Waals surface area contributed by atoms with E-state index in [0.29, 0.717) is 30.2 Å². The van der Waals surface area contributed by atoms with E-state index in [1.165, 1.54) is 13.2 Å². The van der Waals surface area contributed by atoms with Gasteiger partial charge in [0.1, 0.15) is 12.4 Å². The van der Waals surface area contributed by atoms with E-state index in [-0.39, 0.29) is 11.5 Å². The van der Waals surface area contributed by atoms with E-state index >= 15 is 0 Å². The molecule has 0 bridgehead atoms. The van der Waals surface area contributed by atoms with Crippen molar-refractivity contribution < 1.29 is 23.0 Å². The van der Waals surface area contributed by atoms with Gasteiger partial charge in [0, 0.05) is 18.3 Å². The first-order valence-electron chi connectivity index (χ1n) is 7.12. The molecule has 0 atom stereocenters. The van der Waals surface area contributed by atoms with E-state index in [4.69, 9.17) is 14.7 Å². The average Bonchev–Trinajstić information content (AvgIpc) is 2.59. The van der Waals surface area contributed by atoms with Crippen molar-refractivity contribution in [3.63, 3.8) is 0 Å². The van der Waals surface area contributed by atoms with Gasteiger partial charge in [-0.15, -0.1) is 0 Å². The summed E-state index contributed by atoms with van der Waals surface area (Å²) in [6, 6.07) is 13.5. The highest BCUT2D eigenvalue weighted by Gasteiger charge is 2.11. The lowest BCUT2D eigenvalue weighted by Gasteiger charge is -2.13. The fraction of sp³-hybridized carbons (Fsp3) is 0.235. The van der Waals surface area contributed by atoms with Crippen molar-refractivity contribution in [1.29, 1.82) is 5.26 Å². The first-order valence-corrected chi connectivity index (χ1v) is 7.12. The van der Waals surface area contributed by atoms with Gasteiger partial charge in [-0.05, 0) is 36.4 Å². The van der Waals surface area contributed by atoms with Gasteiger partial charge in [-0.3, -0.25) is 0 Å².